The van der Waals surface area contributed by atoms with Gasteiger partial charge in [-0.25, -0.2) is 4.21 Å². The highest BCUT2D eigenvalue weighted by Crippen LogP contribution is 2.43. The minimum atomic E-state index is -5.05. The number of hydrogen-bond donors (Lipinski definition) is 1. The van der Waals surface area contributed by atoms with Crippen molar-refractivity contribution in [3.63, 3.8) is 0 Å². The number of alkyl halides is 6. The van der Waals surface area contributed by atoms with Gasteiger partial charge >= 0.3 is 11.7 Å². The predicted molar refractivity (Wildman–Crippen MR) is 71.5 cm³/mol. The smallest absolute Gasteiger partial charge is 0.273 e. The summed E-state index contributed by atoms with van der Waals surface area (Å²) in [4.78, 5) is -0.770. The van der Waals surface area contributed by atoms with Crippen molar-refractivity contribution in [2.24, 2.45) is 0 Å². The molecule has 23 heavy (non-hydrogen) atoms. The third-order valence-corrected chi connectivity index (χ3v) is 4.31. The van der Waals surface area contributed by atoms with Crippen LogP contribution in [-0.4, -0.2) is 19.9 Å². The fourth-order valence-electron chi connectivity index (χ4n) is 1.74. The first-order valence-electron chi connectivity index (χ1n) is 5.51. The Morgan fingerprint density at radius 2 is 1.57 bits per heavy atom. The topological polar surface area (TPSA) is 45.8 Å². The van der Waals surface area contributed by atoms with Gasteiger partial charge in [0.2, 0.25) is 0 Å². The molecule has 0 aliphatic carbocycles. The highest BCUT2D eigenvalue weighted by Gasteiger charge is 2.40. The molecule has 1 N–H and O–H groups in total. The maximum Gasteiger partial charge on any atom is 0.475 e. The lowest BCUT2D eigenvalue weighted by Crippen LogP contribution is -2.16. The lowest BCUT2D eigenvalue weighted by molar-refractivity contribution is -0.140. The molecule has 2 aromatic rings. The third-order valence-electron chi connectivity index (χ3n) is 2.63. The van der Waals surface area contributed by atoms with Crippen LogP contribution in [0.3, 0.4) is 0 Å². The van der Waals surface area contributed by atoms with Gasteiger partial charge < -0.3 is 0 Å². The molecule has 0 aliphatic heterocycles. The van der Waals surface area contributed by atoms with Gasteiger partial charge in [-0.15, -0.1) is 0 Å². The van der Waals surface area contributed by atoms with E-state index < -0.39 is 48.7 Å². The van der Waals surface area contributed by atoms with Crippen molar-refractivity contribution >= 4 is 34.0 Å². The molecule has 0 saturated heterocycles. The zero-order valence-corrected chi connectivity index (χ0v) is 12.8. The van der Waals surface area contributed by atoms with Crippen LogP contribution < -0.4 is 0 Å². The van der Waals surface area contributed by atoms with Gasteiger partial charge in [-0.3, -0.25) is 5.10 Å². The zero-order chi connectivity index (χ0) is 17.6. The summed E-state index contributed by atoms with van der Waals surface area (Å²) in [6.45, 7) is 0. The van der Waals surface area contributed by atoms with Crippen molar-refractivity contribution in [2.75, 3.05) is 0 Å². The summed E-state index contributed by atoms with van der Waals surface area (Å²) in [5.74, 6) is 0. The molecule has 0 amide bonds. The first-order chi connectivity index (χ1) is 10.4. The summed E-state index contributed by atoms with van der Waals surface area (Å²) in [6, 6.07) is 1.30. The largest absolute Gasteiger partial charge is 0.475 e. The van der Waals surface area contributed by atoms with Crippen LogP contribution in [-0.2, 0) is 17.0 Å². The predicted octanol–water partition coefficient (Wildman–Crippen LogP) is 5.03. The second-order valence-electron chi connectivity index (χ2n) is 4.13. The second-order valence-corrected chi connectivity index (χ2v) is 6.42. The van der Waals surface area contributed by atoms with Crippen LogP contribution in [0.4, 0.5) is 26.3 Å². The first-order valence-corrected chi connectivity index (χ1v) is 7.42. The van der Waals surface area contributed by atoms with Gasteiger partial charge in [0.25, 0.3) is 0 Å². The molecule has 1 aromatic carbocycles. The van der Waals surface area contributed by atoms with Crippen molar-refractivity contribution < 1.29 is 30.6 Å². The summed E-state index contributed by atoms with van der Waals surface area (Å²) < 4.78 is 87.1. The lowest BCUT2D eigenvalue weighted by atomic mass is 10.1. The molecule has 0 fully saturated rings. The molecule has 0 aliphatic rings. The average Bonchev–Trinajstić information content (AvgIpc) is 2.84. The van der Waals surface area contributed by atoms with Crippen LogP contribution in [0.25, 0.3) is 11.1 Å². The molecule has 0 spiro atoms. The second kappa shape index (κ2) is 5.99. The number of hydrogen-bond acceptors (Lipinski definition) is 2. The number of aromatic amines is 1. The Labute approximate surface area is 137 Å². The van der Waals surface area contributed by atoms with Crippen molar-refractivity contribution in [3.8, 4) is 11.1 Å². The summed E-state index contributed by atoms with van der Waals surface area (Å²) in [6.07, 6.45) is -4.01. The number of benzene rings is 1. The molecule has 1 unspecified atom stereocenters. The fourth-order valence-corrected chi connectivity index (χ4v) is 3.28. The van der Waals surface area contributed by atoms with Crippen molar-refractivity contribution in [3.05, 3.63) is 34.1 Å². The van der Waals surface area contributed by atoms with Crippen LogP contribution in [0.5, 0.6) is 0 Å². The third kappa shape index (κ3) is 3.64. The number of nitrogens with zero attached hydrogens (tertiary/aromatic N) is 1. The fraction of sp³-hybridized carbons (Fsp3) is 0.182. The Hall–Kier alpha value is -1.26. The zero-order valence-electron chi connectivity index (χ0n) is 10.5. The summed E-state index contributed by atoms with van der Waals surface area (Å²) in [7, 11) is -3.41. The highest BCUT2D eigenvalue weighted by atomic mass is 35.5. The van der Waals surface area contributed by atoms with E-state index in [0.717, 1.165) is 6.20 Å². The summed E-state index contributed by atoms with van der Waals surface area (Å²) in [5.41, 5.74) is -7.21. The molecule has 126 valence electrons. The molecule has 3 nitrogen and oxygen atoms in total. The van der Waals surface area contributed by atoms with Crippen LogP contribution in [0.15, 0.2) is 23.2 Å². The molecule has 1 atom stereocenters. The molecule has 2 rings (SSSR count). The van der Waals surface area contributed by atoms with E-state index in [9.17, 15) is 30.6 Å². The maximum absolute atomic E-state index is 12.8. The molecule has 0 radical (unpaired) electrons. The Morgan fingerprint density at radius 3 is 2.00 bits per heavy atom. The Balaban J connectivity index is 2.60. The van der Waals surface area contributed by atoms with E-state index in [0.29, 0.717) is 12.1 Å². The van der Waals surface area contributed by atoms with Gasteiger partial charge in [-0.05, 0) is 12.1 Å². The number of halogens is 8. The quantitative estimate of drug-likeness (QED) is 0.723. The first kappa shape index (κ1) is 18.1. The molecule has 0 bridgehead atoms. The van der Waals surface area contributed by atoms with E-state index in [1.807, 2.05) is 0 Å². The Morgan fingerprint density at radius 1 is 1.04 bits per heavy atom. The molecular formula is C11H4Cl2F6N2OS. The van der Waals surface area contributed by atoms with Gasteiger partial charge in [0.15, 0.2) is 10.8 Å². The van der Waals surface area contributed by atoms with Crippen molar-refractivity contribution in [1.82, 2.24) is 10.2 Å². The van der Waals surface area contributed by atoms with E-state index in [-0.39, 0.29) is 5.56 Å². The highest BCUT2D eigenvalue weighted by molar-refractivity contribution is 7.86. The van der Waals surface area contributed by atoms with E-state index in [2.05, 4.69) is 5.10 Å². The van der Waals surface area contributed by atoms with Crippen LogP contribution >= 0.6 is 23.2 Å². The van der Waals surface area contributed by atoms with Gasteiger partial charge in [-0.1, -0.05) is 23.2 Å². The number of H-pyrrole nitrogens is 1. The average molecular weight is 397 g/mol. The monoisotopic (exact) mass is 396 g/mol. The van der Waals surface area contributed by atoms with Gasteiger partial charge in [0, 0.05) is 11.1 Å². The van der Waals surface area contributed by atoms with E-state index in [1.54, 1.807) is 5.10 Å². The maximum atomic E-state index is 12.8. The minimum Gasteiger partial charge on any atom is -0.273 e. The van der Waals surface area contributed by atoms with E-state index >= 15 is 0 Å². The van der Waals surface area contributed by atoms with E-state index in [1.165, 1.54) is 0 Å². The van der Waals surface area contributed by atoms with Crippen LogP contribution in [0.2, 0.25) is 10.0 Å². The number of nitrogens with one attached hydrogen (secondary N) is 1. The molecular weight excluding hydrogens is 393 g/mol. The Bertz CT molecular complexity index is 748. The van der Waals surface area contributed by atoms with Crippen molar-refractivity contribution in [1.29, 1.82) is 0 Å². The van der Waals surface area contributed by atoms with Gasteiger partial charge in [0.1, 0.15) is 5.69 Å². The molecule has 1 aromatic heterocycles. The summed E-state index contributed by atoms with van der Waals surface area (Å²) >= 11 is 11.5. The SMILES string of the molecule is O=S(c1cc(Cl)c(-c2cn[nH]c2C(F)(F)F)c(Cl)c1)C(F)(F)F. The van der Waals surface area contributed by atoms with Crippen molar-refractivity contribution in [2.45, 2.75) is 16.6 Å². The molecule has 12 heteroatoms. The normalized spacial score (nSPS) is 14.1. The Kier molecular flexibility index (Phi) is 4.71. The van der Waals surface area contributed by atoms with Gasteiger partial charge in [0.05, 0.1) is 21.1 Å². The minimum absolute atomic E-state index is 0.364. The van der Waals surface area contributed by atoms with Crippen LogP contribution in [0.1, 0.15) is 5.69 Å². The van der Waals surface area contributed by atoms with E-state index in [4.69, 9.17) is 23.2 Å². The molecule has 0 saturated carbocycles. The van der Waals surface area contributed by atoms with Gasteiger partial charge in [-0.2, -0.15) is 31.4 Å². The standard InChI is InChI=1S/C11H4Cl2F6N2OS/c12-6-1-4(23(22)11(17,18)19)2-7(13)8(6)5-3-20-21-9(5)10(14,15)16/h1-3H,(H,20,21). The summed E-state index contributed by atoms with van der Waals surface area (Å²) in [5, 5.41) is 3.94. The number of rotatable bonds is 2. The van der Waals surface area contributed by atoms with Crippen LogP contribution in [0, 0.1) is 0 Å². The molecule has 1 heterocycles. The number of aromatic nitrogens is 2. The lowest BCUT2D eigenvalue weighted by Gasteiger charge is -2.12.